The first-order chi connectivity index (χ1) is 21.3. The van der Waals surface area contributed by atoms with Crippen LogP contribution in [0.25, 0.3) is 10.4 Å². The van der Waals surface area contributed by atoms with E-state index in [4.69, 9.17) is 15.0 Å². The van der Waals surface area contributed by atoms with Gasteiger partial charge in [-0.15, -0.1) is 0 Å². The average Bonchev–Trinajstić information content (AvgIpc) is 3.36. The van der Waals surface area contributed by atoms with E-state index in [-0.39, 0.29) is 57.8 Å². The van der Waals surface area contributed by atoms with Crippen LogP contribution in [0.2, 0.25) is 0 Å². The van der Waals surface area contributed by atoms with E-state index in [0.29, 0.717) is 6.07 Å². The van der Waals surface area contributed by atoms with Gasteiger partial charge in [-0.25, -0.2) is 22.9 Å². The van der Waals surface area contributed by atoms with E-state index in [9.17, 15) is 45.8 Å². The van der Waals surface area contributed by atoms with Crippen molar-refractivity contribution >= 4 is 17.9 Å². The smallest absolute Gasteiger partial charge is 0.449 e. The molecule has 3 N–H and O–H groups in total. The highest BCUT2D eigenvalue weighted by Crippen LogP contribution is 2.32. The van der Waals surface area contributed by atoms with Gasteiger partial charge in [-0.1, -0.05) is 5.11 Å². The fraction of sp³-hybridized carbons (Fsp3) is 0.520. The number of azide groups is 1. The molecule has 0 aliphatic carbocycles. The Morgan fingerprint density at radius 2 is 1.76 bits per heavy atom. The van der Waals surface area contributed by atoms with Crippen molar-refractivity contribution in [1.29, 1.82) is 0 Å². The quantitative estimate of drug-likeness (QED) is 0.0661. The van der Waals surface area contributed by atoms with Gasteiger partial charge in [0.25, 0.3) is 5.91 Å². The Morgan fingerprint density at radius 1 is 1.07 bits per heavy atom. The zero-order valence-electron chi connectivity index (χ0n) is 23.4. The fourth-order valence-electron chi connectivity index (χ4n) is 4.45. The maximum atomic E-state index is 14.2. The number of carbonyl (C=O) groups excluding carboxylic acids is 2. The molecule has 3 rings (SSSR count). The number of alkyl halides is 3. The molecule has 1 unspecified atom stereocenters. The number of amides is 3. The molecule has 0 bridgehead atoms. The van der Waals surface area contributed by atoms with Crippen LogP contribution in [-0.4, -0.2) is 89.6 Å². The predicted molar refractivity (Wildman–Crippen MR) is 140 cm³/mol. The van der Waals surface area contributed by atoms with Crippen molar-refractivity contribution in [3.63, 3.8) is 0 Å². The van der Waals surface area contributed by atoms with Crippen molar-refractivity contribution in [2.24, 2.45) is 5.11 Å². The van der Waals surface area contributed by atoms with E-state index < -0.39 is 90.6 Å². The van der Waals surface area contributed by atoms with Crippen molar-refractivity contribution in [1.82, 2.24) is 25.1 Å². The fourth-order valence-corrected chi connectivity index (χ4v) is 4.45. The Hall–Kier alpha value is -4.55. The third-order valence-corrected chi connectivity index (χ3v) is 6.44. The Balaban J connectivity index is 1.66. The minimum absolute atomic E-state index is 0.0191. The average molecular weight is 651 g/mol. The lowest BCUT2D eigenvalue weighted by molar-refractivity contribution is -0.148. The summed E-state index contributed by atoms with van der Waals surface area (Å²) in [6.07, 6.45) is -7.67. The highest BCUT2D eigenvalue weighted by molar-refractivity contribution is 5.93. The molecule has 1 aliphatic heterocycles. The third-order valence-electron chi connectivity index (χ3n) is 6.44. The van der Waals surface area contributed by atoms with Gasteiger partial charge in [0.05, 0.1) is 38.7 Å². The molecule has 2 heterocycles. The second-order valence-electron chi connectivity index (χ2n) is 9.54. The number of ether oxygens (including phenoxy) is 2. The van der Waals surface area contributed by atoms with Gasteiger partial charge in [-0.2, -0.15) is 13.2 Å². The molecule has 1 aromatic carbocycles. The van der Waals surface area contributed by atoms with Crippen LogP contribution < -0.4 is 10.6 Å². The van der Waals surface area contributed by atoms with Crippen LogP contribution in [0.5, 0.6) is 0 Å². The molecule has 45 heavy (non-hydrogen) atoms. The van der Waals surface area contributed by atoms with Crippen molar-refractivity contribution in [3.8, 4) is 0 Å². The first kappa shape index (κ1) is 34.9. The highest BCUT2D eigenvalue weighted by Gasteiger charge is 2.41. The van der Waals surface area contributed by atoms with Crippen LogP contribution in [-0.2, 0) is 40.0 Å². The first-order valence-corrected chi connectivity index (χ1v) is 13.3. The molecule has 0 saturated carbocycles. The molecule has 0 radical (unpaired) electrons. The number of rotatable bonds is 15. The lowest BCUT2D eigenvalue weighted by atomic mass is 10.0. The highest BCUT2D eigenvalue weighted by atomic mass is 19.4. The molecule has 1 aliphatic rings. The second-order valence-corrected chi connectivity index (χ2v) is 9.54. The van der Waals surface area contributed by atoms with Crippen molar-refractivity contribution < 1.29 is 55.3 Å². The van der Waals surface area contributed by atoms with Crippen LogP contribution >= 0.6 is 0 Å². The predicted octanol–water partition coefficient (Wildman–Crippen LogP) is 3.00. The zero-order chi connectivity index (χ0) is 33.1. The summed E-state index contributed by atoms with van der Waals surface area (Å²) < 4.78 is 93.5. The standard InChI is InChI=1S/C25H28F6N8O6/c26-16-12-18(28)17(27)10-14(16)9-15(35-24(42)43)11-20(40)38-3-4-39-19(13-38)21(36-23(39)25(29,30)31)22(41)33-1-5-44-7-8-45-6-2-34-37-32/h10,12,15,35H,1-9,11,13H2,(H,33,41)(H,42,43). The maximum Gasteiger partial charge on any atom is 0.449 e. The molecule has 1 atom stereocenters. The minimum atomic E-state index is -4.92. The molecule has 20 heteroatoms. The van der Waals surface area contributed by atoms with Gasteiger partial charge in [0.1, 0.15) is 5.82 Å². The number of hydrogen-bond acceptors (Lipinski definition) is 7. The third kappa shape index (κ3) is 9.98. The monoisotopic (exact) mass is 650 g/mol. The van der Waals surface area contributed by atoms with Gasteiger partial charge in [0.2, 0.25) is 11.7 Å². The van der Waals surface area contributed by atoms with Crippen LogP contribution in [0, 0.1) is 17.5 Å². The van der Waals surface area contributed by atoms with Gasteiger partial charge in [-0.05, 0) is 23.6 Å². The van der Waals surface area contributed by atoms with E-state index >= 15 is 0 Å². The number of fused-ring (bicyclic) bond motifs is 1. The Morgan fingerprint density at radius 3 is 2.42 bits per heavy atom. The summed E-state index contributed by atoms with van der Waals surface area (Å²) in [5, 5.41) is 16.9. The molecule has 246 valence electrons. The summed E-state index contributed by atoms with van der Waals surface area (Å²) in [5.74, 6) is -7.09. The number of carbonyl (C=O) groups is 3. The van der Waals surface area contributed by atoms with E-state index in [2.05, 4.69) is 20.3 Å². The number of nitrogens with one attached hydrogen (secondary N) is 2. The molecule has 0 fully saturated rings. The van der Waals surface area contributed by atoms with Crippen molar-refractivity contribution in [2.75, 3.05) is 46.1 Å². The number of carboxylic acid groups (broad SMARTS) is 1. The molecular weight excluding hydrogens is 622 g/mol. The van der Waals surface area contributed by atoms with Gasteiger partial charge in [-0.3, -0.25) is 9.59 Å². The lowest BCUT2D eigenvalue weighted by Gasteiger charge is -2.31. The number of imidazole rings is 1. The van der Waals surface area contributed by atoms with Crippen molar-refractivity contribution in [3.05, 3.63) is 62.8 Å². The Kier molecular flexibility index (Phi) is 12.4. The Labute approximate surface area is 250 Å². The van der Waals surface area contributed by atoms with Gasteiger partial charge in [0, 0.05) is 49.6 Å². The number of hydrogen-bond donors (Lipinski definition) is 3. The van der Waals surface area contributed by atoms with Gasteiger partial charge >= 0.3 is 12.3 Å². The Bertz CT molecular complexity index is 1430. The maximum absolute atomic E-state index is 14.2. The summed E-state index contributed by atoms with van der Waals surface area (Å²) in [6.45, 7) is -0.651. The molecular formula is C25H28F6N8O6. The van der Waals surface area contributed by atoms with E-state index in [1.54, 1.807) is 0 Å². The lowest BCUT2D eigenvalue weighted by Crippen LogP contribution is -2.44. The molecule has 1 aromatic heterocycles. The molecule has 0 saturated heterocycles. The van der Waals surface area contributed by atoms with E-state index in [1.807, 2.05) is 5.32 Å². The molecule has 0 spiro atoms. The number of halogens is 6. The zero-order valence-corrected chi connectivity index (χ0v) is 23.4. The minimum Gasteiger partial charge on any atom is -0.465 e. The summed E-state index contributed by atoms with van der Waals surface area (Å²) in [7, 11) is 0. The van der Waals surface area contributed by atoms with Gasteiger partial charge < -0.3 is 34.7 Å². The summed E-state index contributed by atoms with van der Waals surface area (Å²) in [4.78, 5) is 44.4. The van der Waals surface area contributed by atoms with Gasteiger partial charge in [0.15, 0.2) is 17.3 Å². The van der Waals surface area contributed by atoms with E-state index in [0.717, 1.165) is 9.47 Å². The summed E-state index contributed by atoms with van der Waals surface area (Å²) in [5.41, 5.74) is 6.97. The number of benzene rings is 1. The SMILES string of the molecule is [N-]=[N+]=NCCOCCOCCNC(=O)c1nc(C(F)(F)F)n2c1CN(C(=O)CC(Cc1cc(F)c(F)cc1F)NC(=O)O)CC2. The second kappa shape index (κ2) is 16.0. The molecule has 14 nitrogen and oxygen atoms in total. The number of nitrogens with zero attached hydrogens (tertiary/aromatic N) is 6. The largest absolute Gasteiger partial charge is 0.465 e. The van der Waals surface area contributed by atoms with Crippen LogP contribution in [0.4, 0.5) is 31.1 Å². The summed E-state index contributed by atoms with van der Waals surface area (Å²) in [6, 6.07) is -0.508. The van der Waals surface area contributed by atoms with Crippen LogP contribution in [0.15, 0.2) is 17.2 Å². The van der Waals surface area contributed by atoms with E-state index in [1.165, 1.54) is 0 Å². The van der Waals surface area contributed by atoms with Crippen LogP contribution in [0.1, 0.15) is 34.0 Å². The van der Waals surface area contributed by atoms with Crippen LogP contribution in [0.3, 0.4) is 0 Å². The molecule has 3 amide bonds. The normalized spacial score (nSPS) is 13.5. The summed E-state index contributed by atoms with van der Waals surface area (Å²) >= 11 is 0. The number of aromatic nitrogens is 2. The topological polar surface area (TPSA) is 184 Å². The first-order valence-electron chi connectivity index (χ1n) is 13.3. The molecule has 2 aromatic rings. The van der Waals surface area contributed by atoms with Crippen molar-refractivity contribution in [2.45, 2.75) is 38.1 Å².